The standard InChI is InChI=1S/C23H41NO2/c1-19(2)12-9-13-20(3)14-10-15-21(4)16-11-17-22(25)26-23(5,6)18-24(7)8/h12,14,16H,9-11,13,15,17-18H2,1-8H3. The molecule has 0 aromatic carbocycles. The lowest BCUT2D eigenvalue weighted by Gasteiger charge is -2.28. The summed E-state index contributed by atoms with van der Waals surface area (Å²) in [6, 6.07) is 0. The number of esters is 1. The molecule has 0 amide bonds. The molecule has 0 radical (unpaired) electrons. The third-order valence-electron chi connectivity index (χ3n) is 4.05. The van der Waals surface area contributed by atoms with Crippen LogP contribution >= 0.6 is 0 Å². The molecule has 0 aromatic rings. The van der Waals surface area contributed by atoms with E-state index in [-0.39, 0.29) is 5.97 Å². The van der Waals surface area contributed by atoms with Crippen molar-refractivity contribution in [2.24, 2.45) is 0 Å². The Morgan fingerprint density at radius 3 is 1.77 bits per heavy atom. The third kappa shape index (κ3) is 14.9. The Bertz CT molecular complexity index is 506. The summed E-state index contributed by atoms with van der Waals surface area (Å²) in [5, 5.41) is 0. The lowest BCUT2D eigenvalue weighted by atomic mass is 10.1. The Labute approximate surface area is 162 Å². The van der Waals surface area contributed by atoms with E-state index in [2.05, 4.69) is 45.9 Å². The van der Waals surface area contributed by atoms with E-state index in [4.69, 9.17) is 4.74 Å². The fourth-order valence-electron chi connectivity index (χ4n) is 2.93. The van der Waals surface area contributed by atoms with Gasteiger partial charge in [0.1, 0.15) is 5.60 Å². The smallest absolute Gasteiger partial charge is 0.306 e. The van der Waals surface area contributed by atoms with E-state index in [1.54, 1.807) is 0 Å². The quantitative estimate of drug-likeness (QED) is 0.311. The first-order valence-corrected chi connectivity index (χ1v) is 9.83. The van der Waals surface area contributed by atoms with Gasteiger partial charge < -0.3 is 9.64 Å². The van der Waals surface area contributed by atoms with Gasteiger partial charge in [0.2, 0.25) is 0 Å². The van der Waals surface area contributed by atoms with Crippen LogP contribution < -0.4 is 0 Å². The summed E-state index contributed by atoms with van der Waals surface area (Å²) in [4.78, 5) is 14.0. The molecule has 0 aromatic heterocycles. The van der Waals surface area contributed by atoms with Crippen molar-refractivity contribution in [2.45, 2.75) is 85.7 Å². The van der Waals surface area contributed by atoms with Gasteiger partial charge in [0.15, 0.2) is 0 Å². The number of nitrogens with zero attached hydrogens (tertiary/aromatic N) is 1. The first-order valence-electron chi connectivity index (χ1n) is 9.83. The summed E-state index contributed by atoms with van der Waals surface area (Å²) in [6.45, 7) is 13.3. The van der Waals surface area contributed by atoms with Crippen molar-refractivity contribution in [3.05, 3.63) is 34.9 Å². The van der Waals surface area contributed by atoms with E-state index in [1.165, 1.54) is 16.7 Å². The summed E-state index contributed by atoms with van der Waals surface area (Å²) in [6.07, 6.45) is 12.4. The van der Waals surface area contributed by atoms with Gasteiger partial charge >= 0.3 is 5.97 Å². The maximum absolute atomic E-state index is 12.0. The van der Waals surface area contributed by atoms with E-state index < -0.39 is 5.60 Å². The minimum absolute atomic E-state index is 0.115. The van der Waals surface area contributed by atoms with Crippen molar-refractivity contribution < 1.29 is 9.53 Å². The van der Waals surface area contributed by atoms with E-state index in [0.717, 1.165) is 38.6 Å². The lowest BCUT2D eigenvalue weighted by molar-refractivity contribution is -0.157. The van der Waals surface area contributed by atoms with Crippen molar-refractivity contribution in [1.82, 2.24) is 4.90 Å². The van der Waals surface area contributed by atoms with Crippen LogP contribution in [0.25, 0.3) is 0 Å². The van der Waals surface area contributed by atoms with Gasteiger partial charge in [-0.05, 0) is 87.7 Å². The molecule has 0 unspecified atom stereocenters. The number of carbonyl (C=O) groups excluding carboxylic acids is 1. The van der Waals surface area contributed by atoms with Crippen LogP contribution in [0.4, 0.5) is 0 Å². The summed E-state index contributed by atoms with van der Waals surface area (Å²) < 4.78 is 5.57. The van der Waals surface area contributed by atoms with E-state index in [1.807, 2.05) is 32.8 Å². The highest BCUT2D eigenvalue weighted by molar-refractivity contribution is 5.70. The maximum atomic E-state index is 12.0. The molecule has 3 nitrogen and oxygen atoms in total. The van der Waals surface area contributed by atoms with E-state index >= 15 is 0 Å². The van der Waals surface area contributed by atoms with E-state index in [0.29, 0.717) is 6.42 Å². The molecule has 0 aliphatic carbocycles. The average molecular weight is 364 g/mol. The molecule has 0 aliphatic rings. The van der Waals surface area contributed by atoms with Crippen LogP contribution in [0.15, 0.2) is 34.9 Å². The van der Waals surface area contributed by atoms with Gasteiger partial charge in [0.05, 0.1) is 0 Å². The molecular formula is C23H41NO2. The second-order valence-electron chi connectivity index (χ2n) is 8.47. The summed E-state index contributed by atoms with van der Waals surface area (Å²) in [5.74, 6) is -0.115. The minimum Gasteiger partial charge on any atom is -0.458 e. The summed E-state index contributed by atoms with van der Waals surface area (Å²) in [7, 11) is 3.97. The van der Waals surface area contributed by atoms with Crippen LogP contribution in [-0.4, -0.2) is 37.1 Å². The first kappa shape index (κ1) is 24.7. The molecule has 0 saturated carbocycles. The highest BCUT2D eigenvalue weighted by atomic mass is 16.6. The number of rotatable bonds is 12. The number of allylic oxidation sites excluding steroid dienone is 6. The van der Waals surface area contributed by atoms with Crippen molar-refractivity contribution in [2.75, 3.05) is 20.6 Å². The Balaban J connectivity index is 4.11. The van der Waals surface area contributed by atoms with Crippen LogP contribution in [0.5, 0.6) is 0 Å². The van der Waals surface area contributed by atoms with Gasteiger partial charge in [-0.2, -0.15) is 0 Å². The molecule has 150 valence electrons. The molecule has 0 atom stereocenters. The van der Waals surface area contributed by atoms with Gasteiger partial charge in [-0.1, -0.05) is 34.9 Å². The van der Waals surface area contributed by atoms with Crippen LogP contribution in [-0.2, 0) is 9.53 Å². The fourth-order valence-corrected chi connectivity index (χ4v) is 2.93. The Morgan fingerprint density at radius 1 is 0.846 bits per heavy atom. The number of likely N-dealkylation sites (N-methyl/N-ethyl adjacent to an activating group) is 1. The van der Waals surface area contributed by atoms with Gasteiger partial charge in [-0.25, -0.2) is 0 Å². The third-order valence-corrected chi connectivity index (χ3v) is 4.05. The molecule has 0 saturated heterocycles. The van der Waals surface area contributed by atoms with Crippen molar-refractivity contribution in [1.29, 1.82) is 0 Å². The maximum Gasteiger partial charge on any atom is 0.306 e. The van der Waals surface area contributed by atoms with Gasteiger partial charge in [-0.3, -0.25) is 4.79 Å². The lowest BCUT2D eigenvalue weighted by Crippen LogP contribution is -2.38. The monoisotopic (exact) mass is 363 g/mol. The Kier molecular flexibility index (Phi) is 12.2. The zero-order chi connectivity index (χ0) is 20.2. The normalized spacial score (nSPS) is 13.1. The second kappa shape index (κ2) is 12.9. The predicted octanol–water partition coefficient (Wildman–Crippen LogP) is 6.07. The van der Waals surface area contributed by atoms with Crippen LogP contribution in [0.3, 0.4) is 0 Å². The van der Waals surface area contributed by atoms with Gasteiger partial charge in [0.25, 0.3) is 0 Å². The SMILES string of the molecule is CC(C)=CCCC(C)=CCCC(C)=CCCC(=O)OC(C)(C)CN(C)C. The molecule has 0 N–H and O–H groups in total. The van der Waals surface area contributed by atoms with Crippen LogP contribution in [0.1, 0.15) is 80.1 Å². The topological polar surface area (TPSA) is 29.5 Å². The minimum atomic E-state index is -0.437. The molecule has 26 heavy (non-hydrogen) atoms. The van der Waals surface area contributed by atoms with E-state index in [9.17, 15) is 4.79 Å². The van der Waals surface area contributed by atoms with Gasteiger partial charge in [0, 0.05) is 13.0 Å². The zero-order valence-electron chi connectivity index (χ0n) is 18.4. The number of hydrogen-bond acceptors (Lipinski definition) is 3. The molecule has 0 aliphatic heterocycles. The predicted molar refractivity (Wildman–Crippen MR) is 113 cm³/mol. The van der Waals surface area contributed by atoms with Crippen LogP contribution in [0.2, 0.25) is 0 Å². The Morgan fingerprint density at radius 2 is 1.31 bits per heavy atom. The molecular weight excluding hydrogens is 322 g/mol. The number of carbonyl (C=O) groups is 1. The molecule has 0 heterocycles. The second-order valence-corrected chi connectivity index (χ2v) is 8.47. The molecule has 0 fully saturated rings. The highest BCUT2D eigenvalue weighted by Gasteiger charge is 2.23. The molecule has 0 rings (SSSR count). The van der Waals surface area contributed by atoms with Crippen molar-refractivity contribution >= 4 is 5.97 Å². The number of hydrogen-bond donors (Lipinski definition) is 0. The van der Waals surface area contributed by atoms with Crippen LogP contribution in [0, 0.1) is 0 Å². The average Bonchev–Trinajstić information content (AvgIpc) is 2.44. The molecule has 0 bridgehead atoms. The van der Waals surface area contributed by atoms with Crippen molar-refractivity contribution in [3.63, 3.8) is 0 Å². The van der Waals surface area contributed by atoms with Crippen molar-refractivity contribution in [3.8, 4) is 0 Å². The summed E-state index contributed by atoms with van der Waals surface area (Å²) >= 11 is 0. The Hall–Kier alpha value is -1.35. The summed E-state index contributed by atoms with van der Waals surface area (Å²) in [5.41, 5.74) is 3.76. The molecule has 0 spiro atoms. The molecule has 3 heteroatoms. The highest BCUT2D eigenvalue weighted by Crippen LogP contribution is 2.14. The fraction of sp³-hybridized carbons (Fsp3) is 0.696. The largest absolute Gasteiger partial charge is 0.458 e. The zero-order valence-corrected chi connectivity index (χ0v) is 18.4. The first-order chi connectivity index (χ1) is 12.0. The number of ether oxygens (including phenoxy) is 1. The van der Waals surface area contributed by atoms with Gasteiger partial charge in [-0.15, -0.1) is 0 Å².